The smallest absolute Gasteiger partial charge is 0.376 e. The van der Waals surface area contributed by atoms with Gasteiger partial charge in [-0.3, -0.25) is 4.79 Å². The van der Waals surface area contributed by atoms with Crippen molar-refractivity contribution in [2.45, 2.75) is 51.1 Å². The molecule has 0 unspecified atom stereocenters. The van der Waals surface area contributed by atoms with Crippen molar-refractivity contribution >= 4 is 5.91 Å². The van der Waals surface area contributed by atoms with Crippen LogP contribution >= 0.6 is 0 Å². The van der Waals surface area contributed by atoms with E-state index in [2.05, 4.69) is 5.32 Å². The first kappa shape index (κ1) is 18.7. The van der Waals surface area contributed by atoms with Crippen LogP contribution in [-0.2, 0) is 20.4 Å². The number of rotatable bonds is 6. The van der Waals surface area contributed by atoms with Crippen LogP contribution in [0.4, 0.5) is 13.2 Å². The van der Waals surface area contributed by atoms with E-state index in [1.807, 2.05) is 0 Å². The highest BCUT2D eigenvalue weighted by atomic mass is 19.4. The summed E-state index contributed by atoms with van der Waals surface area (Å²) in [5.74, 6) is -0.305. The highest BCUT2D eigenvalue weighted by Gasteiger charge is 2.30. The predicted molar refractivity (Wildman–Crippen MR) is 82.4 cm³/mol. The van der Waals surface area contributed by atoms with Gasteiger partial charge in [-0.05, 0) is 44.4 Å². The molecule has 0 radical (unpaired) electrons. The third-order valence-corrected chi connectivity index (χ3v) is 4.02. The number of halogens is 3. The average Bonchev–Trinajstić information content (AvgIpc) is 3.05. The largest absolute Gasteiger partial charge is 0.416 e. The number of amides is 1. The highest BCUT2D eigenvalue weighted by molar-refractivity contribution is 5.80. The summed E-state index contributed by atoms with van der Waals surface area (Å²) in [4.78, 5) is 12.1. The fourth-order valence-electron chi connectivity index (χ4n) is 2.48. The second-order valence-electron chi connectivity index (χ2n) is 5.96. The quantitative estimate of drug-likeness (QED) is 0.859. The maximum absolute atomic E-state index is 12.6. The third-order valence-electron chi connectivity index (χ3n) is 4.02. The number of carbonyl (C=O) groups is 1. The topological polar surface area (TPSA) is 47.6 Å². The number of benzene rings is 1. The zero-order chi connectivity index (χ0) is 17.7. The van der Waals surface area contributed by atoms with Gasteiger partial charge in [-0.1, -0.05) is 12.1 Å². The first-order chi connectivity index (χ1) is 11.3. The summed E-state index contributed by atoms with van der Waals surface area (Å²) in [6.45, 7) is 4.44. The maximum atomic E-state index is 12.6. The number of alkyl halides is 3. The van der Waals surface area contributed by atoms with E-state index in [-0.39, 0.29) is 12.0 Å². The minimum atomic E-state index is -4.37. The highest BCUT2D eigenvalue weighted by Crippen LogP contribution is 2.29. The molecule has 1 N–H and O–H groups in total. The normalized spacial score (nSPS) is 20.6. The van der Waals surface area contributed by atoms with E-state index in [1.165, 1.54) is 12.1 Å². The Morgan fingerprint density at radius 1 is 1.33 bits per heavy atom. The summed E-state index contributed by atoms with van der Waals surface area (Å²) < 4.78 is 48.6. The van der Waals surface area contributed by atoms with Gasteiger partial charge >= 0.3 is 6.18 Å². The molecule has 24 heavy (non-hydrogen) atoms. The Balaban J connectivity index is 1.83. The second-order valence-corrected chi connectivity index (χ2v) is 5.96. The Bertz CT molecular complexity index is 539. The van der Waals surface area contributed by atoms with Crippen molar-refractivity contribution in [2.75, 3.05) is 13.2 Å². The Morgan fingerprint density at radius 2 is 2.00 bits per heavy atom. The lowest BCUT2D eigenvalue weighted by Crippen LogP contribution is -2.37. The maximum Gasteiger partial charge on any atom is 0.416 e. The van der Waals surface area contributed by atoms with Gasteiger partial charge in [0.05, 0.1) is 24.3 Å². The van der Waals surface area contributed by atoms with Crippen molar-refractivity contribution in [3.8, 4) is 0 Å². The molecule has 1 aliphatic rings. The number of hydrogen-bond acceptors (Lipinski definition) is 3. The molecule has 2 rings (SSSR count). The van der Waals surface area contributed by atoms with Gasteiger partial charge < -0.3 is 14.8 Å². The molecular weight excluding hydrogens is 323 g/mol. The van der Waals surface area contributed by atoms with Gasteiger partial charge in [0, 0.05) is 6.61 Å². The summed E-state index contributed by atoms with van der Waals surface area (Å²) in [6, 6.07) is 4.34. The molecule has 0 spiro atoms. The molecular formula is C17H22F3NO3. The monoisotopic (exact) mass is 345 g/mol. The number of carbonyl (C=O) groups excluding carboxylic acids is 1. The minimum absolute atomic E-state index is 0.0348. The van der Waals surface area contributed by atoms with Crippen LogP contribution in [0.5, 0.6) is 0 Å². The molecule has 1 aromatic rings. The molecule has 0 saturated carbocycles. The van der Waals surface area contributed by atoms with Gasteiger partial charge in [0.15, 0.2) is 0 Å². The third kappa shape index (κ3) is 5.21. The molecule has 1 aliphatic heterocycles. The predicted octanol–water partition coefficient (Wildman–Crippen LogP) is 3.47. The van der Waals surface area contributed by atoms with Gasteiger partial charge in [-0.25, -0.2) is 0 Å². The SMILES string of the molecule is C[C@H](OC[C@H]1CCCO1)C(=O)N[C@@H](C)c1ccc(C(F)(F)F)cc1. The molecule has 7 heteroatoms. The fraction of sp³-hybridized carbons (Fsp3) is 0.588. The van der Waals surface area contributed by atoms with Gasteiger partial charge in [-0.2, -0.15) is 13.2 Å². The summed E-state index contributed by atoms with van der Waals surface area (Å²) in [7, 11) is 0. The Kier molecular flexibility index (Phi) is 6.23. The van der Waals surface area contributed by atoms with Gasteiger partial charge in [0.25, 0.3) is 0 Å². The van der Waals surface area contributed by atoms with Crippen LogP contribution in [0.15, 0.2) is 24.3 Å². The van der Waals surface area contributed by atoms with Crippen LogP contribution in [0.25, 0.3) is 0 Å². The molecule has 0 aromatic heterocycles. The Hall–Kier alpha value is -1.60. The summed E-state index contributed by atoms with van der Waals surface area (Å²) in [6.07, 6.45) is -3.05. The molecule has 1 heterocycles. The van der Waals surface area contributed by atoms with E-state index >= 15 is 0 Å². The molecule has 0 bridgehead atoms. The van der Waals surface area contributed by atoms with Crippen LogP contribution in [0.3, 0.4) is 0 Å². The van der Waals surface area contributed by atoms with E-state index in [0.29, 0.717) is 12.2 Å². The van der Waals surface area contributed by atoms with Gasteiger partial charge in [-0.15, -0.1) is 0 Å². The summed E-state index contributed by atoms with van der Waals surface area (Å²) in [5, 5.41) is 2.74. The van der Waals surface area contributed by atoms with Crippen molar-refractivity contribution in [3.63, 3.8) is 0 Å². The molecule has 1 saturated heterocycles. The van der Waals surface area contributed by atoms with Crippen LogP contribution in [0.2, 0.25) is 0 Å². The second kappa shape index (κ2) is 7.98. The van der Waals surface area contributed by atoms with E-state index in [1.54, 1.807) is 13.8 Å². The van der Waals surface area contributed by atoms with E-state index in [4.69, 9.17) is 9.47 Å². The molecule has 134 valence electrons. The lowest BCUT2D eigenvalue weighted by molar-refractivity contribution is -0.137. The number of ether oxygens (including phenoxy) is 2. The fourth-order valence-corrected chi connectivity index (χ4v) is 2.48. The van der Waals surface area contributed by atoms with Gasteiger partial charge in [0.1, 0.15) is 6.10 Å². The number of hydrogen-bond donors (Lipinski definition) is 1. The molecule has 0 aliphatic carbocycles. The van der Waals surface area contributed by atoms with Crippen molar-refractivity contribution in [2.24, 2.45) is 0 Å². The van der Waals surface area contributed by atoms with E-state index in [0.717, 1.165) is 31.6 Å². The molecule has 1 amide bonds. The molecule has 4 nitrogen and oxygen atoms in total. The van der Waals surface area contributed by atoms with Crippen molar-refractivity contribution in [3.05, 3.63) is 35.4 Å². The molecule has 1 aromatic carbocycles. The average molecular weight is 345 g/mol. The van der Waals surface area contributed by atoms with Crippen molar-refractivity contribution in [1.82, 2.24) is 5.32 Å². The van der Waals surface area contributed by atoms with E-state index in [9.17, 15) is 18.0 Å². The molecule has 3 atom stereocenters. The zero-order valence-electron chi connectivity index (χ0n) is 13.7. The van der Waals surface area contributed by atoms with E-state index < -0.39 is 23.9 Å². The van der Waals surface area contributed by atoms with Crippen LogP contribution in [-0.4, -0.2) is 31.3 Å². The number of nitrogens with one attached hydrogen (secondary N) is 1. The zero-order valence-corrected chi connectivity index (χ0v) is 13.7. The van der Waals surface area contributed by atoms with Crippen LogP contribution in [0.1, 0.15) is 43.9 Å². The summed E-state index contributed by atoms with van der Waals surface area (Å²) in [5.41, 5.74) is -0.110. The standard InChI is InChI=1S/C17H22F3NO3/c1-11(13-5-7-14(8-6-13)17(18,19)20)21-16(22)12(2)24-10-15-4-3-9-23-15/h5-8,11-12,15H,3-4,9-10H2,1-2H3,(H,21,22)/t11-,12-,15+/m0/s1. The Labute approximate surface area is 139 Å². The van der Waals surface area contributed by atoms with Crippen molar-refractivity contribution < 1.29 is 27.4 Å². The van der Waals surface area contributed by atoms with Crippen LogP contribution in [0, 0.1) is 0 Å². The van der Waals surface area contributed by atoms with Crippen LogP contribution < -0.4 is 5.32 Å². The lowest BCUT2D eigenvalue weighted by atomic mass is 10.1. The van der Waals surface area contributed by atoms with Gasteiger partial charge in [0.2, 0.25) is 5.91 Å². The minimum Gasteiger partial charge on any atom is -0.376 e. The first-order valence-corrected chi connectivity index (χ1v) is 7.98. The van der Waals surface area contributed by atoms with Crippen molar-refractivity contribution in [1.29, 1.82) is 0 Å². The lowest BCUT2D eigenvalue weighted by Gasteiger charge is -2.20. The summed E-state index contributed by atoms with van der Waals surface area (Å²) >= 11 is 0. The first-order valence-electron chi connectivity index (χ1n) is 7.98. The Morgan fingerprint density at radius 3 is 2.54 bits per heavy atom. The molecule has 1 fully saturated rings.